The lowest BCUT2D eigenvalue weighted by Crippen LogP contribution is -2.69. The van der Waals surface area contributed by atoms with Crippen molar-refractivity contribution in [1.82, 2.24) is 10.2 Å². The Morgan fingerprint density at radius 3 is 2.17 bits per heavy atom. The molecule has 1 aliphatic heterocycles. The summed E-state index contributed by atoms with van der Waals surface area (Å²) in [5, 5.41) is 13.9. The van der Waals surface area contributed by atoms with Gasteiger partial charge in [0.25, 0.3) is 0 Å². The van der Waals surface area contributed by atoms with Gasteiger partial charge in [0.1, 0.15) is 19.3 Å². The number of aliphatic carboxylic acids is 1. The van der Waals surface area contributed by atoms with E-state index in [-0.39, 0.29) is 82.6 Å². The van der Waals surface area contributed by atoms with E-state index in [0.717, 1.165) is 57.9 Å². The maximum absolute atomic E-state index is 13.7. The van der Waals surface area contributed by atoms with Gasteiger partial charge < -0.3 is 34.1 Å². The van der Waals surface area contributed by atoms with E-state index in [4.69, 9.17) is 23.7 Å². The molecule has 6 saturated carbocycles. The van der Waals surface area contributed by atoms with Gasteiger partial charge in [0.2, 0.25) is 0 Å². The molecule has 7 aliphatic rings. The minimum Gasteiger partial charge on any atom is -0.481 e. The molecule has 0 aromatic carbocycles. The Labute approximate surface area is 396 Å². The molecule has 376 valence electrons. The third-order valence-electron chi connectivity index (χ3n) is 20.4. The van der Waals surface area contributed by atoms with Crippen LogP contribution in [0.3, 0.4) is 0 Å². The minimum atomic E-state index is -3.08. The van der Waals surface area contributed by atoms with E-state index in [9.17, 15) is 27.9 Å². The second-order valence-electron chi connectivity index (χ2n) is 24.0. The van der Waals surface area contributed by atoms with Gasteiger partial charge in [-0.05, 0) is 142 Å². The average Bonchev–Trinajstić information content (AvgIpc) is 3.62. The van der Waals surface area contributed by atoms with Gasteiger partial charge in [-0.3, -0.25) is 14.5 Å². The number of nitrogens with zero attached hydrogens (tertiary/aromatic N) is 1. The number of hydrogen-bond donors (Lipinski definition) is 2. The number of esters is 2. The number of fused-ring (bicyclic) bond motifs is 7. The summed E-state index contributed by atoms with van der Waals surface area (Å²) in [6.45, 7) is 26.5. The Kier molecular flexibility index (Phi) is 15.4. The predicted molar refractivity (Wildman–Crippen MR) is 253 cm³/mol. The highest BCUT2D eigenvalue weighted by Crippen LogP contribution is 2.76. The largest absolute Gasteiger partial charge is 0.481 e. The fourth-order valence-electron chi connectivity index (χ4n) is 16.3. The summed E-state index contributed by atoms with van der Waals surface area (Å²) < 4.78 is 53.1. The first-order chi connectivity index (χ1) is 31.0. The van der Waals surface area contributed by atoms with Crippen molar-refractivity contribution in [2.75, 3.05) is 77.9 Å². The zero-order valence-corrected chi connectivity index (χ0v) is 42.9. The monoisotopic (exact) mass is 947 g/mol. The molecule has 0 radical (unpaired) electrons. The maximum Gasteiger partial charge on any atom is 0.332 e. The average molecular weight is 947 g/mol. The molecule has 13 nitrogen and oxygen atoms in total. The number of carbonyl (C=O) groups is 3. The maximum atomic E-state index is 13.7. The number of methoxy groups -OCH3 is 1. The Morgan fingerprint density at radius 1 is 0.803 bits per heavy atom. The van der Waals surface area contributed by atoms with Crippen molar-refractivity contribution >= 4 is 27.7 Å². The molecule has 7 fully saturated rings. The second-order valence-corrected chi connectivity index (χ2v) is 26.3. The number of carboxylic acid groups (broad SMARTS) is 1. The van der Waals surface area contributed by atoms with Crippen molar-refractivity contribution in [2.24, 2.45) is 68.5 Å². The van der Waals surface area contributed by atoms with Crippen molar-refractivity contribution in [2.45, 2.75) is 150 Å². The van der Waals surface area contributed by atoms with Crippen molar-refractivity contribution in [3.63, 3.8) is 0 Å². The summed E-state index contributed by atoms with van der Waals surface area (Å²) in [5.74, 6) is 0.293. The van der Waals surface area contributed by atoms with Gasteiger partial charge in [-0.15, -0.1) is 0 Å². The topological polar surface area (TPSA) is 167 Å². The quantitative estimate of drug-likeness (QED) is 0.0750. The lowest BCUT2D eigenvalue weighted by Gasteiger charge is -2.73. The molecule has 0 amide bonds. The first kappa shape index (κ1) is 51.7. The highest BCUT2D eigenvalue weighted by Gasteiger charge is 2.71. The lowest BCUT2D eigenvalue weighted by atomic mass is 9.32. The molecule has 13 atom stereocenters. The fraction of sp³-hybridized carbons (Fsp3) is 0.904. The highest BCUT2D eigenvalue weighted by molar-refractivity contribution is 7.91. The molecule has 66 heavy (non-hydrogen) atoms. The van der Waals surface area contributed by atoms with Crippen LogP contribution < -0.4 is 5.32 Å². The van der Waals surface area contributed by atoms with E-state index in [1.807, 2.05) is 13.8 Å². The lowest BCUT2D eigenvalue weighted by molar-refractivity contribution is -0.248. The van der Waals surface area contributed by atoms with Crippen LogP contribution in [0, 0.1) is 68.5 Å². The summed E-state index contributed by atoms with van der Waals surface area (Å²) in [5.41, 5.74) is 0.880. The van der Waals surface area contributed by atoms with E-state index in [1.165, 1.54) is 24.8 Å². The fourth-order valence-corrected chi connectivity index (χ4v) is 17.5. The second kappa shape index (κ2) is 19.6. The van der Waals surface area contributed by atoms with Crippen LogP contribution in [0.15, 0.2) is 12.2 Å². The normalized spacial score (nSPS) is 40.3. The Hall–Kier alpha value is -2.10. The zero-order chi connectivity index (χ0) is 48.1. The van der Waals surface area contributed by atoms with E-state index < -0.39 is 33.1 Å². The first-order valence-electron chi connectivity index (χ1n) is 25.6. The Bertz CT molecular complexity index is 1890. The summed E-state index contributed by atoms with van der Waals surface area (Å²) in [7, 11) is -1.46. The number of sulfone groups is 1. The van der Waals surface area contributed by atoms with Gasteiger partial charge >= 0.3 is 17.9 Å². The van der Waals surface area contributed by atoms with Crippen LogP contribution in [0.1, 0.15) is 132 Å². The molecule has 1 unspecified atom stereocenters. The summed E-state index contributed by atoms with van der Waals surface area (Å²) in [6, 6.07) is -0.112. The zero-order valence-electron chi connectivity index (χ0n) is 42.1. The van der Waals surface area contributed by atoms with Crippen molar-refractivity contribution < 1.29 is 51.6 Å². The Morgan fingerprint density at radius 2 is 1.50 bits per heavy atom. The number of ether oxygens (including phenoxy) is 5. The van der Waals surface area contributed by atoms with Gasteiger partial charge in [-0.25, -0.2) is 13.2 Å². The summed E-state index contributed by atoms with van der Waals surface area (Å²) >= 11 is 0. The molecule has 0 aromatic rings. The standard InChI is InChI=1S/C52H86N2O11S/c1-34(2)36-13-19-52(53-22-16-35(54-23-29-66(59,60)30-24-54)32-64-43(55)33-63-28-27-62-26-25-61-10)21-20-50(8)37(44(36)52)11-12-41-49(7)17-15-42(48(5,6)40(49)14-18-51(41,50)9)65-46(58)39-31-38(45(56)57)47(39,3)4/h35-42,44,53H,1,11-33H2,2-10H3,(H,56,57)/t35?,36-,37+,38-,39+,40-,41+,42-,44+,49-,50+,51+,52-/m0/s1. The first-order valence-corrected chi connectivity index (χ1v) is 27.4. The molecule has 6 aliphatic carbocycles. The van der Waals surface area contributed by atoms with E-state index >= 15 is 0 Å². The van der Waals surface area contributed by atoms with Crippen LogP contribution in [0.5, 0.6) is 0 Å². The number of allylic oxidation sites excluding steroid dienone is 1. The van der Waals surface area contributed by atoms with Crippen LogP contribution in [0.2, 0.25) is 0 Å². The SMILES string of the molecule is C=C(C)[C@@H]1CC[C@]2(NCCC(COC(=O)COCCOCCOC)N3CCS(=O)(=O)CC3)CC[C@]3(C)[C@H](CC[C@@H]4[C@@]5(C)CC[C@H](OC(=O)[C@H]6C[C@@H](C(=O)O)C6(C)C)C(C)(C)[C@@H]5CC[C@]43C)[C@@H]12. The van der Waals surface area contributed by atoms with Crippen molar-refractivity contribution in [1.29, 1.82) is 0 Å². The molecule has 7 rings (SSSR count). The van der Waals surface area contributed by atoms with Gasteiger partial charge in [0.05, 0.1) is 49.8 Å². The molecular formula is C52H86N2O11S. The summed E-state index contributed by atoms with van der Waals surface area (Å²) in [6.07, 6.45) is 12.0. The van der Waals surface area contributed by atoms with Gasteiger partial charge in [0.15, 0.2) is 9.84 Å². The highest BCUT2D eigenvalue weighted by atomic mass is 32.2. The molecule has 1 saturated heterocycles. The molecule has 0 aromatic heterocycles. The summed E-state index contributed by atoms with van der Waals surface area (Å²) in [4.78, 5) is 40.6. The smallest absolute Gasteiger partial charge is 0.332 e. The van der Waals surface area contributed by atoms with E-state index in [1.54, 1.807) is 7.11 Å². The molecule has 2 N–H and O–H groups in total. The number of nitrogens with one attached hydrogen (secondary N) is 1. The third-order valence-corrected chi connectivity index (χ3v) is 22.0. The minimum absolute atomic E-state index is 0.0207. The number of carboxylic acids is 1. The Balaban J connectivity index is 1.02. The van der Waals surface area contributed by atoms with Gasteiger partial charge in [-0.1, -0.05) is 60.6 Å². The van der Waals surface area contributed by atoms with Crippen molar-refractivity contribution in [3.8, 4) is 0 Å². The molecule has 1 heterocycles. The molecule has 14 heteroatoms. The van der Waals surface area contributed by atoms with Gasteiger partial charge in [-0.2, -0.15) is 0 Å². The molecule has 0 spiro atoms. The molecular weight excluding hydrogens is 861 g/mol. The molecule has 0 bridgehead atoms. The van der Waals surface area contributed by atoms with Crippen LogP contribution in [-0.4, -0.2) is 132 Å². The van der Waals surface area contributed by atoms with Crippen LogP contribution in [-0.2, 0) is 47.9 Å². The van der Waals surface area contributed by atoms with E-state index in [2.05, 4.69) is 58.3 Å². The number of carbonyl (C=O) groups excluding carboxylic acids is 2. The van der Waals surface area contributed by atoms with Crippen LogP contribution >= 0.6 is 0 Å². The predicted octanol–water partition coefficient (Wildman–Crippen LogP) is 7.36. The number of hydrogen-bond acceptors (Lipinski definition) is 12. The van der Waals surface area contributed by atoms with Crippen LogP contribution in [0.25, 0.3) is 0 Å². The van der Waals surface area contributed by atoms with Gasteiger partial charge in [0, 0.05) is 37.2 Å². The van der Waals surface area contributed by atoms with Crippen LogP contribution in [0.4, 0.5) is 0 Å². The van der Waals surface area contributed by atoms with E-state index in [0.29, 0.717) is 68.9 Å². The third kappa shape index (κ3) is 9.45. The number of rotatable bonds is 19. The van der Waals surface area contributed by atoms with Crippen molar-refractivity contribution in [3.05, 3.63) is 12.2 Å².